The van der Waals surface area contributed by atoms with E-state index in [0.29, 0.717) is 17.3 Å². The van der Waals surface area contributed by atoms with E-state index < -0.39 is 0 Å². The Balaban J connectivity index is 2.77. The maximum Gasteiger partial charge on any atom is 0.126 e. The molecule has 1 aromatic rings. The number of hydrogen-bond donors (Lipinski definition) is 1. The molecule has 5 heteroatoms. The Bertz CT molecular complexity index is 353. The highest BCUT2D eigenvalue weighted by atomic mass is 35.5. The van der Waals surface area contributed by atoms with Crippen molar-refractivity contribution in [3.63, 3.8) is 0 Å². The Hall–Kier alpha value is -0.800. The number of benzene rings is 1. The highest BCUT2D eigenvalue weighted by Crippen LogP contribution is 2.22. The molecule has 0 saturated heterocycles. The van der Waals surface area contributed by atoms with E-state index in [1.54, 1.807) is 0 Å². The summed E-state index contributed by atoms with van der Waals surface area (Å²) in [5.74, 6) is -0.383. The first-order chi connectivity index (χ1) is 6.63. The third-order valence-electron chi connectivity index (χ3n) is 1.52. The first-order valence-corrected chi connectivity index (χ1v) is 4.82. The van der Waals surface area contributed by atoms with Crippen molar-refractivity contribution in [1.29, 1.82) is 0 Å². The summed E-state index contributed by atoms with van der Waals surface area (Å²) >= 11 is 11.4. The largest absolute Gasteiger partial charge is 0.276 e. The van der Waals surface area contributed by atoms with Gasteiger partial charge in [-0.25, -0.2) is 4.39 Å². The number of hydrogen-bond acceptors (Lipinski definition) is 2. The zero-order valence-electron chi connectivity index (χ0n) is 7.52. The van der Waals surface area contributed by atoms with E-state index in [4.69, 9.17) is 23.2 Å². The fraction of sp³-hybridized carbons (Fsp3) is 0.222. The first kappa shape index (κ1) is 11.3. The van der Waals surface area contributed by atoms with Gasteiger partial charge >= 0.3 is 0 Å². The number of halogens is 3. The van der Waals surface area contributed by atoms with Crippen LogP contribution in [0.5, 0.6) is 0 Å². The van der Waals surface area contributed by atoms with Crippen LogP contribution in [0.25, 0.3) is 0 Å². The predicted octanol–water partition coefficient (Wildman–Crippen LogP) is 3.85. The van der Waals surface area contributed by atoms with E-state index in [2.05, 4.69) is 10.5 Å². The molecule has 0 spiro atoms. The molecule has 0 aliphatic carbocycles. The second kappa shape index (κ2) is 5.17. The molecule has 0 amide bonds. The average molecular weight is 235 g/mol. The van der Waals surface area contributed by atoms with Gasteiger partial charge in [0.1, 0.15) is 11.0 Å². The van der Waals surface area contributed by atoms with Crippen LogP contribution in [-0.4, -0.2) is 5.17 Å². The molecule has 0 fully saturated rings. The Morgan fingerprint density at radius 2 is 2.29 bits per heavy atom. The molecule has 0 aliphatic heterocycles. The van der Waals surface area contributed by atoms with E-state index in [0.717, 1.165) is 0 Å². The van der Waals surface area contributed by atoms with Gasteiger partial charge in [0.25, 0.3) is 0 Å². The van der Waals surface area contributed by atoms with Crippen LogP contribution >= 0.6 is 23.2 Å². The van der Waals surface area contributed by atoms with Crippen LogP contribution in [0.3, 0.4) is 0 Å². The summed E-state index contributed by atoms with van der Waals surface area (Å²) < 4.78 is 12.6. The molecule has 1 aromatic carbocycles. The summed E-state index contributed by atoms with van der Waals surface area (Å²) in [5, 5.41) is 4.54. The number of nitrogens with zero attached hydrogens (tertiary/aromatic N) is 1. The van der Waals surface area contributed by atoms with Crippen molar-refractivity contribution < 1.29 is 4.39 Å². The van der Waals surface area contributed by atoms with Crippen LogP contribution in [0.1, 0.15) is 13.3 Å². The average Bonchev–Trinajstić information content (AvgIpc) is 2.16. The summed E-state index contributed by atoms with van der Waals surface area (Å²) in [6.07, 6.45) is 0.632. The van der Waals surface area contributed by atoms with Gasteiger partial charge < -0.3 is 0 Å². The molecule has 76 valence electrons. The van der Waals surface area contributed by atoms with Gasteiger partial charge in [-0.1, -0.05) is 30.1 Å². The highest BCUT2D eigenvalue weighted by Gasteiger charge is 2.00. The van der Waals surface area contributed by atoms with Crippen LogP contribution in [0.2, 0.25) is 5.02 Å². The molecule has 0 aromatic heterocycles. The molecule has 1 N–H and O–H groups in total. The number of hydrazone groups is 1. The predicted molar refractivity (Wildman–Crippen MR) is 58.6 cm³/mol. The quantitative estimate of drug-likeness (QED) is 0.624. The van der Waals surface area contributed by atoms with Gasteiger partial charge in [-0.2, -0.15) is 5.10 Å². The van der Waals surface area contributed by atoms with Crippen molar-refractivity contribution in [2.45, 2.75) is 13.3 Å². The van der Waals surface area contributed by atoms with Gasteiger partial charge in [-0.15, -0.1) is 0 Å². The lowest BCUT2D eigenvalue weighted by Crippen LogP contribution is -1.94. The Labute approximate surface area is 91.7 Å². The van der Waals surface area contributed by atoms with Crippen molar-refractivity contribution >= 4 is 34.1 Å². The fourth-order valence-corrected chi connectivity index (χ4v) is 1.03. The molecule has 0 heterocycles. The minimum absolute atomic E-state index is 0.273. The topological polar surface area (TPSA) is 24.4 Å². The standard InChI is InChI=1S/C9H9Cl2FN2/c1-2-9(11)14-13-8-4-3-6(12)5-7(8)10/h3-5,13H,2H2,1H3. The molecule has 0 aliphatic rings. The molecule has 0 bridgehead atoms. The molecular weight excluding hydrogens is 226 g/mol. The minimum Gasteiger partial charge on any atom is -0.276 e. The zero-order valence-corrected chi connectivity index (χ0v) is 9.03. The summed E-state index contributed by atoms with van der Waals surface area (Å²) in [7, 11) is 0. The lowest BCUT2D eigenvalue weighted by Gasteiger charge is -2.03. The molecule has 0 radical (unpaired) electrons. The molecule has 14 heavy (non-hydrogen) atoms. The van der Waals surface area contributed by atoms with E-state index in [-0.39, 0.29) is 10.8 Å². The second-order valence-corrected chi connectivity index (χ2v) is 3.42. The van der Waals surface area contributed by atoms with Gasteiger partial charge in [0.05, 0.1) is 10.7 Å². The van der Waals surface area contributed by atoms with Crippen LogP contribution in [0.15, 0.2) is 23.3 Å². The summed E-state index contributed by atoms with van der Waals surface area (Å²) in [6, 6.07) is 4.00. The maximum atomic E-state index is 12.6. The number of anilines is 1. The highest BCUT2D eigenvalue weighted by molar-refractivity contribution is 6.65. The number of rotatable bonds is 3. The van der Waals surface area contributed by atoms with E-state index in [9.17, 15) is 4.39 Å². The second-order valence-electron chi connectivity index (χ2n) is 2.58. The van der Waals surface area contributed by atoms with Crippen LogP contribution in [0.4, 0.5) is 10.1 Å². The molecule has 2 nitrogen and oxygen atoms in total. The maximum absolute atomic E-state index is 12.6. The third kappa shape index (κ3) is 3.16. The van der Waals surface area contributed by atoms with Gasteiger partial charge in [0.2, 0.25) is 0 Å². The molecule has 0 atom stereocenters. The Morgan fingerprint density at radius 1 is 1.57 bits per heavy atom. The van der Waals surface area contributed by atoms with Crippen molar-refractivity contribution in [2.24, 2.45) is 5.10 Å². The molecular formula is C9H9Cl2FN2. The van der Waals surface area contributed by atoms with Crippen molar-refractivity contribution in [3.05, 3.63) is 29.0 Å². The first-order valence-electron chi connectivity index (χ1n) is 4.06. The van der Waals surface area contributed by atoms with Gasteiger partial charge in [0, 0.05) is 0 Å². The van der Waals surface area contributed by atoms with Crippen LogP contribution in [-0.2, 0) is 0 Å². The van der Waals surface area contributed by atoms with Crippen molar-refractivity contribution in [2.75, 3.05) is 5.43 Å². The Morgan fingerprint density at radius 3 is 2.86 bits per heavy atom. The molecule has 1 rings (SSSR count). The summed E-state index contributed by atoms with van der Waals surface area (Å²) in [4.78, 5) is 0. The van der Waals surface area contributed by atoms with Gasteiger partial charge in [-0.05, 0) is 24.6 Å². The van der Waals surface area contributed by atoms with E-state index >= 15 is 0 Å². The molecule has 0 saturated carbocycles. The lowest BCUT2D eigenvalue weighted by molar-refractivity contribution is 0.628. The van der Waals surface area contributed by atoms with E-state index in [1.807, 2.05) is 6.92 Å². The fourth-order valence-electron chi connectivity index (χ4n) is 0.780. The van der Waals surface area contributed by atoms with E-state index in [1.165, 1.54) is 18.2 Å². The van der Waals surface area contributed by atoms with Crippen LogP contribution < -0.4 is 5.43 Å². The SMILES string of the molecule is CCC(Cl)=NNc1ccc(F)cc1Cl. The molecule has 0 unspecified atom stereocenters. The summed E-state index contributed by atoms with van der Waals surface area (Å²) in [5.41, 5.74) is 3.18. The third-order valence-corrected chi connectivity index (χ3v) is 2.19. The van der Waals surface area contributed by atoms with Gasteiger partial charge in [-0.3, -0.25) is 5.43 Å². The minimum atomic E-state index is -0.383. The van der Waals surface area contributed by atoms with Crippen molar-refractivity contribution in [3.8, 4) is 0 Å². The monoisotopic (exact) mass is 234 g/mol. The van der Waals surface area contributed by atoms with Gasteiger partial charge in [0.15, 0.2) is 0 Å². The van der Waals surface area contributed by atoms with Crippen molar-refractivity contribution in [1.82, 2.24) is 0 Å². The Kier molecular flexibility index (Phi) is 4.17. The normalized spacial score (nSPS) is 11.6. The number of nitrogens with one attached hydrogen (secondary N) is 1. The smallest absolute Gasteiger partial charge is 0.126 e. The summed E-state index contributed by atoms with van der Waals surface area (Å²) in [6.45, 7) is 1.87. The zero-order chi connectivity index (χ0) is 10.6. The lowest BCUT2D eigenvalue weighted by atomic mass is 10.3. The van der Waals surface area contributed by atoms with Crippen LogP contribution in [0, 0.1) is 5.82 Å².